The summed E-state index contributed by atoms with van der Waals surface area (Å²) in [7, 11) is 3.15. The highest BCUT2D eigenvalue weighted by molar-refractivity contribution is 7.22. The van der Waals surface area contributed by atoms with Crippen molar-refractivity contribution in [3.05, 3.63) is 46.5 Å². The molecule has 152 valence electrons. The van der Waals surface area contributed by atoms with E-state index in [1.165, 1.54) is 0 Å². The molecule has 4 rings (SSSR count). The van der Waals surface area contributed by atoms with E-state index in [0.717, 1.165) is 25.9 Å². The number of carbonyl (C=O) groups is 1. The lowest BCUT2D eigenvalue weighted by Gasteiger charge is -2.34. The molecule has 0 bridgehead atoms. The van der Waals surface area contributed by atoms with E-state index < -0.39 is 0 Å². The van der Waals surface area contributed by atoms with Gasteiger partial charge in [-0.05, 0) is 36.8 Å². The van der Waals surface area contributed by atoms with Crippen molar-refractivity contribution in [2.24, 2.45) is 0 Å². The van der Waals surface area contributed by atoms with Crippen molar-refractivity contribution in [2.75, 3.05) is 45.3 Å². The van der Waals surface area contributed by atoms with Gasteiger partial charge in [-0.15, -0.1) is 0 Å². The molecule has 1 saturated heterocycles. The number of anilines is 1. The number of rotatable bonds is 4. The lowest BCUT2D eigenvalue weighted by atomic mass is 10.1. The number of carbonyl (C=O) groups excluding carboxylic acids is 1. The molecule has 1 aromatic heterocycles. The average molecular weight is 432 g/mol. The van der Waals surface area contributed by atoms with Crippen LogP contribution >= 0.6 is 22.9 Å². The first-order valence-electron chi connectivity index (χ1n) is 9.33. The van der Waals surface area contributed by atoms with Gasteiger partial charge in [0.2, 0.25) is 0 Å². The van der Waals surface area contributed by atoms with Crippen molar-refractivity contribution in [3.8, 4) is 11.5 Å². The Morgan fingerprint density at radius 2 is 1.86 bits per heavy atom. The number of nitrogens with zero attached hydrogens (tertiary/aromatic N) is 3. The number of piperazine rings is 1. The number of aromatic nitrogens is 1. The highest BCUT2D eigenvalue weighted by atomic mass is 35.5. The van der Waals surface area contributed by atoms with Crippen molar-refractivity contribution in [1.29, 1.82) is 0 Å². The van der Waals surface area contributed by atoms with Gasteiger partial charge in [-0.2, -0.15) is 0 Å². The van der Waals surface area contributed by atoms with Crippen molar-refractivity contribution >= 4 is 44.2 Å². The molecule has 0 N–H and O–H groups in total. The highest BCUT2D eigenvalue weighted by Gasteiger charge is 2.26. The standard InChI is InChI=1S/C21H22ClN3O3S/c1-13-4-6-16(22)19-18(13)23-21(29-19)25-10-8-24(9-11-25)20(26)15-12-14(27-2)5-7-17(15)28-3/h4-7,12H,8-11H2,1-3H3. The van der Waals surface area contributed by atoms with Gasteiger partial charge in [0.25, 0.3) is 5.91 Å². The molecule has 2 aromatic carbocycles. The maximum Gasteiger partial charge on any atom is 0.257 e. The third-order valence-corrected chi connectivity index (χ3v) is 6.74. The van der Waals surface area contributed by atoms with Gasteiger partial charge in [-0.25, -0.2) is 4.98 Å². The molecule has 29 heavy (non-hydrogen) atoms. The Morgan fingerprint density at radius 3 is 2.52 bits per heavy atom. The fourth-order valence-corrected chi connectivity index (χ4v) is 4.85. The van der Waals surface area contributed by atoms with E-state index >= 15 is 0 Å². The fourth-order valence-electron chi connectivity index (χ4n) is 3.48. The van der Waals surface area contributed by atoms with Gasteiger partial charge in [0, 0.05) is 26.2 Å². The number of hydrogen-bond donors (Lipinski definition) is 0. The second-order valence-electron chi connectivity index (χ2n) is 6.88. The van der Waals surface area contributed by atoms with Crippen LogP contribution < -0.4 is 14.4 Å². The number of benzene rings is 2. The summed E-state index contributed by atoms with van der Waals surface area (Å²) < 4.78 is 11.6. The van der Waals surface area contributed by atoms with E-state index in [9.17, 15) is 4.79 Å². The van der Waals surface area contributed by atoms with Crippen LogP contribution in [0.4, 0.5) is 5.13 Å². The van der Waals surface area contributed by atoms with Gasteiger partial charge in [0.05, 0.1) is 35.0 Å². The maximum absolute atomic E-state index is 13.1. The third kappa shape index (κ3) is 3.72. The summed E-state index contributed by atoms with van der Waals surface area (Å²) in [6, 6.07) is 9.18. The number of ether oxygens (including phenoxy) is 2. The average Bonchev–Trinajstić information content (AvgIpc) is 3.22. The molecule has 3 aromatic rings. The predicted molar refractivity (Wildman–Crippen MR) is 117 cm³/mol. The maximum atomic E-state index is 13.1. The summed E-state index contributed by atoms with van der Waals surface area (Å²) >= 11 is 7.95. The lowest BCUT2D eigenvalue weighted by molar-refractivity contribution is 0.0743. The van der Waals surface area contributed by atoms with Crippen molar-refractivity contribution in [2.45, 2.75) is 6.92 Å². The number of hydrogen-bond acceptors (Lipinski definition) is 6. The largest absolute Gasteiger partial charge is 0.497 e. The van der Waals surface area contributed by atoms with E-state index in [0.29, 0.717) is 43.2 Å². The summed E-state index contributed by atoms with van der Waals surface area (Å²) in [4.78, 5) is 21.9. The van der Waals surface area contributed by atoms with Crippen LogP contribution in [0.25, 0.3) is 10.2 Å². The monoisotopic (exact) mass is 431 g/mol. The zero-order chi connectivity index (χ0) is 20.5. The summed E-state index contributed by atoms with van der Waals surface area (Å²) in [5.41, 5.74) is 2.59. The first kappa shape index (κ1) is 19.8. The van der Waals surface area contributed by atoms with Gasteiger partial charge in [-0.3, -0.25) is 4.79 Å². The van der Waals surface area contributed by atoms with Crippen LogP contribution in [0.1, 0.15) is 15.9 Å². The molecule has 0 radical (unpaired) electrons. The van der Waals surface area contributed by atoms with Crippen LogP contribution in [-0.2, 0) is 0 Å². The van der Waals surface area contributed by atoms with Gasteiger partial charge < -0.3 is 19.3 Å². The van der Waals surface area contributed by atoms with Crippen LogP contribution in [0.3, 0.4) is 0 Å². The minimum atomic E-state index is -0.0522. The number of methoxy groups -OCH3 is 2. The first-order chi connectivity index (χ1) is 14.0. The third-order valence-electron chi connectivity index (χ3n) is 5.16. The normalized spacial score (nSPS) is 14.3. The number of aryl methyl sites for hydroxylation is 1. The SMILES string of the molecule is COc1ccc(OC)c(C(=O)N2CCN(c3nc4c(C)ccc(Cl)c4s3)CC2)c1. The molecule has 0 aliphatic carbocycles. The molecule has 1 amide bonds. The minimum Gasteiger partial charge on any atom is -0.497 e. The second-order valence-corrected chi connectivity index (χ2v) is 8.27. The van der Waals surface area contributed by atoms with Crippen molar-refractivity contribution in [3.63, 3.8) is 0 Å². The van der Waals surface area contributed by atoms with Crippen LogP contribution in [-0.4, -0.2) is 56.2 Å². The summed E-state index contributed by atoms with van der Waals surface area (Å²) in [6.07, 6.45) is 0. The number of fused-ring (bicyclic) bond motifs is 1. The van der Waals surface area contributed by atoms with E-state index in [1.807, 2.05) is 24.0 Å². The molecule has 0 atom stereocenters. The molecule has 0 spiro atoms. The minimum absolute atomic E-state index is 0.0522. The van der Waals surface area contributed by atoms with Gasteiger partial charge in [0.15, 0.2) is 5.13 Å². The fraction of sp³-hybridized carbons (Fsp3) is 0.333. The van der Waals surface area contributed by atoms with Gasteiger partial charge in [-0.1, -0.05) is 29.0 Å². The Labute approximate surface area is 178 Å². The molecule has 0 saturated carbocycles. The molecular weight excluding hydrogens is 410 g/mol. The van der Waals surface area contributed by atoms with E-state index in [-0.39, 0.29) is 5.91 Å². The van der Waals surface area contributed by atoms with E-state index in [2.05, 4.69) is 4.90 Å². The smallest absolute Gasteiger partial charge is 0.257 e. The van der Waals surface area contributed by atoms with Crippen LogP contribution in [0.2, 0.25) is 5.02 Å². The molecule has 8 heteroatoms. The summed E-state index contributed by atoms with van der Waals surface area (Å²) in [6.45, 7) is 4.70. The van der Waals surface area contributed by atoms with Crippen molar-refractivity contribution in [1.82, 2.24) is 9.88 Å². The molecular formula is C21H22ClN3O3S. The highest BCUT2D eigenvalue weighted by Crippen LogP contribution is 2.36. The number of halogens is 1. The zero-order valence-corrected chi connectivity index (χ0v) is 18.1. The molecule has 6 nitrogen and oxygen atoms in total. The van der Waals surface area contributed by atoms with Crippen LogP contribution in [0.5, 0.6) is 11.5 Å². The van der Waals surface area contributed by atoms with Crippen molar-refractivity contribution < 1.29 is 14.3 Å². The second kappa shape index (κ2) is 8.08. The van der Waals surface area contributed by atoms with Crippen LogP contribution in [0, 0.1) is 6.92 Å². The van der Waals surface area contributed by atoms with Crippen LogP contribution in [0.15, 0.2) is 30.3 Å². The Kier molecular flexibility index (Phi) is 5.52. The Morgan fingerprint density at radius 1 is 1.10 bits per heavy atom. The molecule has 1 fully saturated rings. The zero-order valence-electron chi connectivity index (χ0n) is 16.6. The topological polar surface area (TPSA) is 54.9 Å². The van der Waals surface area contributed by atoms with Gasteiger partial charge in [0.1, 0.15) is 11.5 Å². The Balaban J connectivity index is 1.51. The predicted octanol–water partition coefficient (Wildman–Crippen LogP) is 4.24. The molecule has 1 aliphatic rings. The van der Waals surface area contributed by atoms with E-state index in [1.54, 1.807) is 43.8 Å². The number of amides is 1. The van der Waals surface area contributed by atoms with Gasteiger partial charge >= 0.3 is 0 Å². The quantitative estimate of drug-likeness (QED) is 0.618. The molecule has 2 heterocycles. The lowest BCUT2D eigenvalue weighted by Crippen LogP contribution is -2.48. The Hall–Kier alpha value is -2.51. The summed E-state index contributed by atoms with van der Waals surface area (Å²) in [5, 5.41) is 1.68. The molecule has 0 unspecified atom stereocenters. The molecule has 1 aliphatic heterocycles. The Bertz CT molecular complexity index is 1020. The first-order valence-corrected chi connectivity index (χ1v) is 10.5. The summed E-state index contributed by atoms with van der Waals surface area (Å²) in [5.74, 6) is 1.13. The number of thiazole rings is 1. The van der Waals surface area contributed by atoms with E-state index in [4.69, 9.17) is 26.1 Å².